The molecular formula is C11H21N. The molecule has 2 fully saturated rings. The van der Waals surface area contributed by atoms with Crippen molar-refractivity contribution in [3.63, 3.8) is 0 Å². The fourth-order valence-electron chi connectivity index (χ4n) is 3.62. The highest BCUT2D eigenvalue weighted by Gasteiger charge is 2.54. The SMILES string of the molecule is CC(C)CC1(C)CC2(CNC2)C1. The normalized spacial score (nSPS) is 30.0. The molecule has 1 aliphatic heterocycles. The molecule has 0 unspecified atom stereocenters. The van der Waals surface area contributed by atoms with Gasteiger partial charge in [-0.1, -0.05) is 20.8 Å². The van der Waals surface area contributed by atoms with Gasteiger partial charge >= 0.3 is 0 Å². The van der Waals surface area contributed by atoms with Crippen LogP contribution in [0.2, 0.25) is 0 Å². The molecule has 0 atom stereocenters. The molecule has 2 rings (SSSR count). The summed E-state index contributed by atoms with van der Waals surface area (Å²) in [6.07, 6.45) is 4.38. The van der Waals surface area contributed by atoms with Crippen LogP contribution in [0.5, 0.6) is 0 Å². The van der Waals surface area contributed by atoms with Crippen LogP contribution in [0.25, 0.3) is 0 Å². The van der Waals surface area contributed by atoms with Crippen molar-refractivity contribution in [2.45, 2.75) is 40.0 Å². The van der Waals surface area contributed by atoms with Gasteiger partial charge in [-0.15, -0.1) is 0 Å². The van der Waals surface area contributed by atoms with Crippen molar-refractivity contribution in [2.24, 2.45) is 16.7 Å². The van der Waals surface area contributed by atoms with E-state index in [0.717, 1.165) is 11.3 Å². The number of rotatable bonds is 2. The van der Waals surface area contributed by atoms with E-state index in [4.69, 9.17) is 0 Å². The molecule has 12 heavy (non-hydrogen) atoms. The summed E-state index contributed by atoms with van der Waals surface area (Å²) in [5.74, 6) is 0.875. The molecule has 0 aromatic rings. The largest absolute Gasteiger partial charge is 0.316 e. The Morgan fingerprint density at radius 3 is 2.17 bits per heavy atom. The fourth-order valence-corrected chi connectivity index (χ4v) is 3.62. The van der Waals surface area contributed by atoms with Gasteiger partial charge in [0.05, 0.1) is 0 Å². The van der Waals surface area contributed by atoms with Gasteiger partial charge in [0.15, 0.2) is 0 Å². The third-order valence-corrected chi connectivity index (χ3v) is 3.50. The van der Waals surface area contributed by atoms with Crippen molar-refractivity contribution in [1.82, 2.24) is 5.32 Å². The van der Waals surface area contributed by atoms with E-state index in [0.29, 0.717) is 5.41 Å². The van der Waals surface area contributed by atoms with Crippen LogP contribution in [0, 0.1) is 16.7 Å². The molecule has 1 N–H and O–H groups in total. The van der Waals surface area contributed by atoms with E-state index in [9.17, 15) is 0 Å². The lowest BCUT2D eigenvalue weighted by Gasteiger charge is -2.60. The first kappa shape index (κ1) is 8.55. The molecular weight excluding hydrogens is 146 g/mol. The van der Waals surface area contributed by atoms with Crippen LogP contribution in [0.4, 0.5) is 0 Å². The Morgan fingerprint density at radius 2 is 1.83 bits per heavy atom. The Labute approximate surface area is 75.9 Å². The Balaban J connectivity index is 1.84. The van der Waals surface area contributed by atoms with Gasteiger partial charge in [-0.25, -0.2) is 0 Å². The molecule has 0 aromatic carbocycles. The van der Waals surface area contributed by atoms with Crippen molar-refractivity contribution >= 4 is 0 Å². The molecule has 1 heteroatoms. The molecule has 2 aliphatic rings. The Morgan fingerprint density at radius 1 is 1.25 bits per heavy atom. The van der Waals surface area contributed by atoms with Gasteiger partial charge < -0.3 is 5.32 Å². The van der Waals surface area contributed by atoms with E-state index < -0.39 is 0 Å². The second-order valence-electron chi connectivity index (χ2n) is 5.87. The van der Waals surface area contributed by atoms with Crippen molar-refractivity contribution in [1.29, 1.82) is 0 Å². The maximum Gasteiger partial charge on any atom is 0.00206 e. The van der Waals surface area contributed by atoms with E-state index in [1.165, 1.54) is 32.4 Å². The first-order chi connectivity index (χ1) is 5.54. The van der Waals surface area contributed by atoms with Crippen LogP contribution >= 0.6 is 0 Å². The van der Waals surface area contributed by atoms with Gasteiger partial charge in [0.25, 0.3) is 0 Å². The first-order valence-electron chi connectivity index (χ1n) is 5.24. The van der Waals surface area contributed by atoms with Gasteiger partial charge in [0.2, 0.25) is 0 Å². The molecule has 1 spiro atoms. The lowest BCUT2D eigenvalue weighted by molar-refractivity contribution is -0.0762. The van der Waals surface area contributed by atoms with Crippen molar-refractivity contribution in [2.75, 3.05) is 13.1 Å². The monoisotopic (exact) mass is 167 g/mol. The standard InChI is InChI=1S/C11H21N/c1-9(2)4-10(3)5-11(6-10)7-12-8-11/h9,12H,4-8H2,1-3H3. The van der Waals surface area contributed by atoms with Gasteiger partial charge in [0.1, 0.15) is 0 Å². The zero-order valence-electron chi connectivity index (χ0n) is 8.61. The Kier molecular flexibility index (Phi) is 1.76. The highest BCUT2D eigenvalue weighted by atomic mass is 15.0. The van der Waals surface area contributed by atoms with Gasteiger partial charge in [-0.3, -0.25) is 0 Å². The van der Waals surface area contributed by atoms with Gasteiger partial charge in [-0.2, -0.15) is 0 Å². The fraction of sp³-hybridized carbons (Fsp3) is 1.00. The minimum absolute atomic E-state index is 0.691. The van der Waals surface area contributed by atoms with Crippen molar-refractivity contribution in [3.05, 3.63) is 0 Å². The highest BCUT2D eigenvalue weighted by molar-refractivity contribution is 5.07. The molecule has 0 radical (unpaired) electrons. The molecule has 1 heterocycles. The van der Waals surface area contributed by atoms with Gasteiger partial charge in [-0.05, 0) is 36.0 Å². The van der Waals surface area contributed by atoms with E-state index in [2.05, 4.69) is 26.1 Å². The third-order valence-electron chi connectivity index (χ3n) is 3.50. The smallest absolute Gasteiger partial charge is 0.00206 e. The molecule has 0 bridgehead atoms. The number of hydrogen-bond acceptors (Lipinski definition) is 1. The predicted octanol–water partition coefficient (Wildman–Crippen LogP) is 2.42. The molecule has 1 saturated carbocycles. The number of nitrogens with one attached hydrogen (secondary N) is 1. The maximum atomic E-state index is 3.39. The van der Waals surface area contributed by atoms with Crippen LogP contribution in [-0.4, -0.2) is 13.1 Å². The average Bonchev–Trinajstić information content (AvgIpc) is 1.76. The highest BCUT2D eigenvalue weighted by Crippen LogP contribution is 2.58. The predicted molar refractivity (Wildman–Crippen MR) is 52.1 cm³/mol. The van der Waals surface area contributed by atoms with E-state index in [-0.39, 0.29) is 0 Å². The summed E-state index contributed by atoms with van der Waals surface area (Å²) < 4.78 is 0. The van der Waals surface area contributed by atoms with Crippen LogP contribution in [0.15, 0.2) is 0 Å². The summed E-state index contributed by atoms with van der Waals surface area (Å²) in [5.41, 5.74) is 1.44. The van der Waals surface area contributed by atoms with Gasteiger partial charge in [0, 0.05) is 13.1 Å². The second-order valence-corrected chi connectivity index (χ2v) is 5.87. The first-order valence-corrected chi connectivity index (χ1v) is 5.24. The van der Waals surface area contributed by atoms with Crippen LogP contribution in [-0.2, 0) is 0 Å². The lowest BCUT2D eigenvalue weighted by atomic mass is 9.49. The minimum atomic E-state index is 0.691. The van der Waals surface area contributed by atoms with E-state index in [1.54, 1.807) is 0 Å². The third kappa shape index (κ3) is 1.28. The zero-order chi connectivity index (χ0) is 8.82. The molecule has 1 nitrogen and oxygen atoms in total. The van der Waals surface area contributed by atoms with Crippen molar-refractivity contribution in [3.8, 4) is 0 Å². The summed E-state index contributed by atoms with van der Waals surface area (Å²) in [6.45, 7) is 9.74. The van der Waals surface area contributed by atoms with E-state index in [1.807, 2.05) is 0 Å². The number of hydrogen-bond donors (Lipinski definition) is 1. The Bertz CT molecular complexity index is 171. The summed E-state index contributed by atoms with van der Waals surface area (Å²) in [6, 6.07) is 0. The molecule has 0 amide bonds. The Hall–Kier alpha value is -0.0400. The summed E-state index contributed by atoms with van der Waals surface area (Å²) in [5, 5.41) is 3.39. The summed E-state index contributed by atoms with van der Waals surface area (Å²) >= 11 is 0. The second kappa shape index (κ2) is 2.47. The quantitative estimate of drug-likeness (QED) is 0.666. The van der Waals surface area contributed by atoms with Crippen LogP contribution in [0.3, 0.4) is 0 Å². The lowest BCUT2D eigenvalue weighted by Crippen LogP contribution is -2.63. The average molecular weight is 167 g/mol. The maximum absolute atomic E-state index is 3.39. The minimum Gasteiger partial charge on any atom is -0.316 e. The summed E-state index contributed by atoms with van der Waals surface area (Å²) in [7, 11) is 0. The zero-order valence-corrected chi connectivity index (χ0v) is 8.61. The molecule has 1 saturated heterocycles. The van der Waals surface area contributed by atoms with Crippen LogP contribution < -0.4 is 5.32 Å². The molecule has 70 valence electrons. The topological polar surface area (TPSA) is 12.0 Å². The summed E-state index contributed by atoms with van der Waals surface area (Å²) in [4.78, 5) is 0. The van der Waals surface area contributed by atoms with Crippen molar-refractivity contribution < 1.29 is 0 Å². The molecule has 1 aliphatic carbocycles. The van der Waals surface area contributed by atoms with E-state index >= 15 is 0 Å². The molecule has 0 aromatic heterocycles. The van der Waals surface area contributed by atoms with Crippen LogP contribution in [0.1, 0.15) is 40.0 Å².